The Morgan fingerprint density at radius 1 is 1.18 bits per heavy atom. The number of nitrogens with one attached hydrogen (secondary N) is 1. The van der Waals surface area contributed by atoms with Crippen molar-refractivity contribution in [3.8, 4) is 5.75 Å². The van der Waals surface area contributed by atoms with Gasteiger partial charge in [0.15, 0.2) is 0 Å². The van der Waals surface area contributed by atoms with Gasteiger partial charge in [0, 0.05) is 9.37 Å². The molecule has 0 bridgehead atoms. The molecule has 0 spiro atoms. The van der Waals surface area contributed by atoms with Crippen molar-refractivity contribution in [3.05, 3.63) is 53.0 Å². The molecule has 0 aromatic heterocycles. The number of carbonyl (C=O) groups is 1. The van der Waals surface area contributed by atoms with Crippen LogP contribution < -0.4 is 10.1 Å². The van der Waals surface area contributed by atoms with Gasteiger partial charge in [0.25, 0.3) is 0 Å². The first-order valence-electron chi connectivity index (χ1n) is 6.26. The molecule has 1 N–H and O–H groups in total. The van der Waals surface area contributed by atoms with Crippen LogP contribution in [0.25, 0.3) is 0 Å². The molecule has 0 heterocycles. The average Bonchev–Trinajstić information content (AvgIpc) is 2.48. The van der Waals surface area contributed by atoms with Crippen molar-refractivity contribution >= 4 is 39.3 Å². The topological polar surface area (TPSA) is 38.3 Å². The van der Waals surface area contributed by atoms with Gasteiger partial charge in [0.2, 0.25) is 5.91 Å². The summed E-state index contributed by atoms with van der Waals surface area (Å²) in [5, 5.41) is 2.57. The molecule has 1 amide bonds. The number of hydrogen-bond donors (Lipinski definition) is 1. The number of thioether (sulfide) groups is 1. The minimum absolute atomic E-state index is 0.0560. The smallest absolute Gasteiger partial charge is 0.387 e. The first kappa shape index (κ1) is 16.8. The summed E-state index contributed by atoms with van der Waals surface area (Å²) in [6, 6.07) is 13.6. The molecule has 22 heavy (non-hydrogen) atoms. The van der Waals surface area contributed by atoms with Crippen LogP contribution in [0.15, 0.2) is 57.9 Å². The maximum atomic E-state index is 12.3. The minimum atomic E-state index is -2.94. The van der Waals surface area contributed by atoms with Gasteiger partial charge >= 0.3 is 6.61 Å². The van der Waals surface area contributed by atoms with Crippen LogP contribution in [0.5, 0.6) is 5.75 Å². The number of anilines is 1. The summed E-state index contributed by atoms with van der Waals surface area (Å²) in [5.41, 5.74) is 0.226. The normalized spacial score (nSPS) is 10.5. The Balaban J connectivity index is 1.93. The van der Waals surface area contributed by atoms with Crippen LogP contribution in [0, 0.1) is 0 Å². The number of halogens is 3. The number of rotatable bonds is 6. The predicted octanol–water partition coefficient (Wildman–Crippen LogP) is 4.78. The van der Waals surface area contributed by atoms with Crippen LogP contribution >= 0.6 is 27.7 Å². The fraction of sp³-hybridized carbons (Fsp3) is 0.133. The number of ether oxygens (including phenoxy) is 1. The SMILES string of the molecule is O=C(CSc1ccc(Br)cc1)Nc1ccccc1OC(F)F. The molecule has 7 heteroatoms. The third-order valence-electron chi connectivity index (χ3n) is 2.56. The zero-order valence-electron chi connectivity index (χ0n) is 11.3. The third kappa shape index (κ3) is 5.31. The molecule has 2 aromatic rings. The largest absolute Gasteiger partial charge is 0.433 e. The van der Waals surface area contributed by atoms with Crippen molar-refractivity contribution in [2.24, 2.45) is 0 Å². The van der Waals surface area contributed by atoms with E-state index in [1.165, 1.54) is 23.9 Å². The molecule has 0 fully saturated rings. The van der Waals surface area contributed by atoms with Crippen molar-refractivity contribution in [2.75, 3.05) is 11.1 Å². The van der Waals surface area contributed by atoms with Gasteiger partial charge in [0.1, 0.15) is 5.75 Å². The van der Waals surface area contributed by atoms with Gasteiger partial charge < -0.3 is 10.1 Å². The Labute approximate surface area is 139 Å². The second-order valence-electron chi connectivity index (χ2n) is 4.17. The number of alkyl halides is 2. The van der Waals surface area contributed by atoms with Crippen molar-refractivity contribution < 1.29 is 18.3 Å². The van der Waals surface area contributed by atoms with E-state index in [0.29, 0.717) is 0 Å². The molecule has 2 rings (SSSR count). The fourth-order valence-electron chi connectivity index (χ4n) is 1.63. The molecule has 0 aliphatic heterocycles. The summed E-state index contributed by atoms with van der Waals surface area (Å²) in [5.74, 6) is -0.178. The lowest BCUT2D eigenvalue weighted by molar-refractivity contribution is -0.113. The summed E-state index contributed by atoms with van der Waals surface area (Å²) in [6.45, 7) is -2.94. The van der Waals surface area contributed by atoms with Crippen LogP contribution in [0.2, 0.25) is 0 Å². The monoisotopic (exact) mass is 387 g/mol. The molecular formula is C15H12BrF2NO2S. The van der Waals surface area contributed by atoms with E-state index in [1.54, 1.807) is 12.1 Å². The number of benzene rings is 2. The van der Waals surface area contributed by atoms with Gasteiger partial charge in [0.05, 0.1) is 11.4 Å². The summed E-state index contributed by atoms with van der Waals surface area (Å²) in [7, 11) is 0. The van der Waals surface area contributed by atoms with E-state index < -0.39 is 6.61 Å². The first-order chi connectivity index (χ1) is 10.5. The Kier molecular flexibility index (Phi) is 6.21. The molecule has 0 atom stereocenters. The van der Waals surface area contributed by atoms with Crippen LogP contribution in [0.1, 0.15) is 0 Å². The number of para-hydroxylation sites is 2. The molecular weight excluding hydrogens is 376 g/mol. The lowest BCUT2D eigenvalue weighted by Gasteiger charge is -2.11. The van der Waals surface area contributed by atoms with E-state index in [1.807, 2.05) is 24.3 Å². The standard InChI is InChI=1S/C15H12BrF2NO2S/c16-10-5-7-11(8-6-10)22-9-14(20)19-12-3-1-2-4-13(12)21-15(17)18/h1-8,15H,9H2,(H,19,20). The van der Waals surface area contributed by atoms with Crippen molar-refractivity contribution in [1.82, 2.24) is 0 Å². The van der Waals surface area contributed by atoms with Crippen LogP contribution in [0.3, 0.4) is 0 Å². The number of amides is 1. The Morgan fingerprint density at radius 2 is 1.86 bits per heavy atom. The van der Waals surface area contributed by atoms with Crippen LogP contribution in [-0.2, 0) is 4.79 Å². The Hall–Kier alpha value is -1.60. The van der Waals surface area contributed by atoms with Crippen molar-refractivity contribution in [2.45, 2.75) is 11.5 Å². The molecule has 0 aliphatic rings. The maximum absolute atomic E-state index is 12.3. The Bertz CT molecular complexity index is 638. The molecule has 3 nitrogen and oxygen atoms in total. The van der Waals surface area contributed by atoms with Crippen LogP contribution in [-0.4, -0.2) is 18.3 Å². The molecule has 0 unspecified atom stereocenters. The highest BCUT2D eigenvalue weighted by atomic mass is 79.9. The maximum Gasteiger partial charge on any atom is 0.387 e. The molecule has 116 valence electrons. The summed E-state index contributed by atoms with van der Waals surface area (Å²) >= 11 is 4.69. The zero-order valence-corrected chi connectivity index (χ0v) is 13.7. The van der Waals surface area contributed by atoms with Gasteiger partial charge in [-0.15, -0.1) is 11.8 Å². The molecule has 0 saturated carbocycles. The zero-order chi connectivity index (χ0) is 15.9. The van der Waals surface area contributed by atoms with Gasteiger partial charge in [-0.3, -0.25) is 4.79 Å². The van der Waals surface area contributed by atoms with E-state index in [-0.39, 0.29) is 23.1 Å². The van der Waals surface area contributed by atoms with E-state index in [4.69, 9.17) is 0 Å². The average molecular weight is 388 g/mol. The number of hydrogen-bond acceptors (Lipinski definition) is 3. The molecule has 2 aromatic carbocycles. The molecule has 0 aliphatic carbocycles. The highest BCUT2D eigenvalue weighted by Gasteiger charge is 2.11. The first-order valence-corrected chi connectivity index (χ1v) is 8.04. The molecule has 0 saturated heterocycles. The van der Waals surface area contributed by atoms with Crippen LogP contribution in [0.4, 0.5) is 14.5 Å². The third-order valence-corrected chi connectivity index (χ3v) is 4.10. The highest BCUT2D eigenvalue weighted by molar-refractivity contribution is 9.10. The number of carbonyl (C=O) groups excluding carboxylic acids is 1. The van der Waals surface area contributed by atoms with Gasteiger partial charge in [-0.1, -0.05) is 28.1 Å². The van der Waals surface area contributed by atoms with Crippen molar-refractivity contribution in [3.63, 3.8) is 0 Å². The summed E-state index contributed by atoms with van der Waals surface area (Å²) in [6.07, 6.45) is 0. The minimum Gasteiger partial charge on any atom is -0.433 e. The molecule has 0 radical (unpaired) electrons. The van der Waals surface area contributed by atoms with Gasteiger partial charge in [-0.05, 0) is 36.4 Å². The van der Waals surface area contributed by atoms with Gasteiger partial charge in [-0.25, -0.2) is 0 Å². The van der Waals surface area contributed by atoms with Gasteiger partial charge in [-0.2, -0.15) is 8.78 Å². The summed E-state index contributed by atoms with van der Waals surface area (Å²) < 4.78 is 29.9. The highest BCUT2D eigenvalue weighted by Crippen LogP contribution is 2.26. The Morgan fingerprint density at radius 3 is 2.55 bits per heavy atom. The van der Waals surface area contributed by atoms with E-state index in [0.717, 1.165) is 9.37 Å². The fourth-order valence-corrected chi connectivity index (χ4v) is 2.60. The lowest BCUT2D eigenvalue weighted by atomic mass is 10.3. The second kappa shape index (κ2) is 8.14. The summed E-state index contributed by atoms with van der Waals surface area (Å²) in [4.78, 5) is 12.8. The lowest BCUT2D eigenvalue weighted by Crippen LogP contribution is -2.15. The van der Waals surface area contributed by atoms with E-state index in [2.05, 4.69) is 26.0 Å². The predicted molar refractivity (Wildman–Crippen MR) is 86.6 cm³/mol. The second-order valence-corrected chi connectivity index (χ2v) is 6.13. The van der Waals surface area contributed by atoms with E-state index >= 15 is 0 Å². The quantitative estimate of drug-likeness (QED) is 0.724. The van der Waals surface area contributed by atoms with E-state index in [9.17, 15) is 13.6 Å². The van der Waals surface area contributed by atoms with Crippen molar-refractivity contribution in [1.29, 1.82) is 0 Å².